The number of allylic oxidation sites excluding steroid dienone is 4. The summed E-state index contributed by atoms with van der Waals surface area (Å²) in [5.74, 6) is 4.56. The molecule has 3 nitrogen and oxygen atoms in total. The molecule has 0 aliphatic heterocycles. The van der Waals surface area contributed by atoms with Gasteiger partial charge < -0.3 is 15.3 Å². The third kappa shape index (κ3) is 77.9. The first-order valence-corrected chi connectivity index (χ1v) is 13.8. The summed E-state index contributed by atoms with van der Waals surface area (Å²) in [5.41, 5.74) is 0. The summed E-state index contributed by atoms with van der Waals surface area (Å²) in [4.78, 5) is 0. The van der Waals surface area contributed by atoms with Crippen LogP contribution in [0.25, 0.3) is 0 Å². The van der Waals surface area contributed by atoms with Gasteiger partial charge in [0.15, 0.2) is 0 Å². The second kappa shape index (κ2) is 49.6. The summed E-state index contributed by atoms with van der Waals surface area (Å²) in [5, 5.41) is 24.2. The molecule has 145 valence electrons. The maximum Gasteiger partial charge on any atom is 0 e. The van der Waals surface area contributed by atoms with E-state index in [-0.39, 0.29) is 26.2 Å². The molecule has 0 amide bonds. The molecule has 0 aromatic rings. The van der Waals surface area contributed by atoms with Crippen LogP contribution in [0.15, 0.2) is 18.2 Å². The molecule has 3 N–H and O–H groups in total. The standard InChI is InChI=1S/C5H5.3C4H10O.C2H7Ge.Zr/c1-2-4-5-3-1;3*1-2-3-4-5;1-3-2;/h1-3H,4H2;3*5H,2-4H2,1H3;3H,1-2H3;/q-1;;;;;. The molecule has 1 rings (SSSR count). The Morgan fingerprint density at radius 2 is 1.17 bits per heavy atom. The van der Waals surface area contributed by atoms with Crippen LogP contribution in [0.1, 0.15) is 65.7 Å². The fourth-order valence-electron chi connectivity index (χ4n) is 0.815. The average molecular weight is 482 g/mol. The monoisotopic (exact) mass is 482 g/mol. The number of unbranched alkanes of at least 4 members (excludes halogenated alkanes) is 3. The molecule has 1 aliphatic carbocycles. The van der Waals surface area contributed by atoms with Crippen LogP contribution in [0.2, 0.25) is 11.5 Å². The van der Waals surface area contributed by atoms with Crippen molar-refractivity contribution in [3.63, 3.8) is 0 Å². The first-order valence-electron chi connectivity index (χ1n) is 8.94. The van der Waals surface area contributed by atoms with E-state index in [9.17, 15) is 0 Å². The molecule has 0 saturated heterocycles. The van der Waals surface area contributed by atoms with Gasteiger partial charge in [-0.2, -0.15) is 6.08 Å². The molecule has 0 fully saturated rings. The van der Waals surface area contributed by atoms with Gasteiger partial charge in [-0.25, -0.2) is 12.2 Å². The van der Waals surface area contributed by atoms with Crippen LogP contribution >= 0.6 is 0 Å². The summed E-state index contributed by atoms with van der Waals surface area (Å²) in [6, 6.07) is 0. The Balaban J connectivity index is -0.0000000627. The molecule has 0 heterocycles. The Morgan fingerprint density at radius 1 is 0.833 bits per heavy atom. The zero-order valence-electron chi connectivity index (χ0n) is 16.7. The van der Waals surface area contributed by atoms with E-state index < -0.39 is 0 Å². The van der Waals surface area contributed by atoms with Gasteiger partial charge in [0.1, 0.15) is 0 Å². The molecular formula is C19H42GeO3Zr-. The normalized spacial score (nSPS) is 9.67. The second-order valence-corrected chi connectivity index (χ2v) is 7.23. The Hall–Kier alpha value is 0.786. The van der Waals surface area contributed by atoms with Crippen molar-refractivity contribution in [3.8, 4) is 0 Å². The fourth-order valence-corrected chi connectivity index (χ4v) is 0.815. The van der Waals surface area contributed by atoms with Gasteiger partial charge in [0.25, 0.3) is 0 Å². The van der Waals surface area contributed by atoms with Crippen molar-refractivity contribution in [1.82, 2.24) is 0 Å². The Labute approximate surface area is 177 Å². The van der Waals surface area contributed by atoms with Gasteiger partial charge in [0.05, 0.1) is 0 Å². The maximum absolute atomic E-state index is 8.07. The minimum atomic E-state index is 0. The average Bonchev–Trinajstić information content (AvgIpc) is 3.11. The van der Waals surface area contributed by atoms with Crippen molar-refractivity contribution >= 4 is 15.4 Å². The van der Waals surface area contributed by atoms with Gasteiger partial charge in [-0.15, -0.1) is 6.42 Å². The van der Waals surface area contributed by atoms with E-state index in [0.29, 0.717) is 35.3 Å². The number of hydrogen-bond donors (Lipinski definition) is 3. The second-order valence-electron chi connectivity index (χ2n) is 4.81. The zero-order chi connectivity index (χ0) is 18.6. The largest absolute Gasteiger partial charge is 0 e. The molecule has 0 atom stereocenters. The topological polar surface area (TPSA) is 60.7 Å². The van der Waals surface area contributed by atoms with Crippen molar-refractivity contribution in [1.29, 1.82) is 0 Å². The summed E-state index contributed by atoms with van der Waals surface area (Å²) in [6.07, 6.45) is 16.1. The SMILES string of the molecule is CCCCO.CCCCO.CCCCO.[C-]1=CC=CC1.[CH3][GeH][CH3].[Zr]. The molecular weight excluding hydrogens is 440 g/mol. The van der Waals surface area contributed by atoms with Gasteiger partial charge in [0, 0.05) is 46.0 Å². The molecule has 5 heteroatoms. The summed E-state index contributed by atoms with van der Waals surface area (Å²) in [6.45, 7) is 7.19. The van der Waals surface area contributed by atoms with E-state index in [1.165, 1.54) is 0 Å². The summed E-state index contributed by atoms with van der Waals surface area (Å²) >= 11 is 0.312. The third-order valence-electron chi connectivity index (χ3n) is 2.12. The predicted octanol–water partition coefficient (Wildman–Crippen LogP) is 4.16. The van der Waals surface area contributed by atoms with Gasteiger partial charge in [-0.3, -0.25) is 6.08 Å². The Kier molecular flexibility index (Phi) is 74.0. The van der Waals surface area contributed by atoms with Gasteiger partial charge >= 0.3 is 26.9 Å². The predicted molar refractivity (Wildman–Crippen MR) is 106 cm³/mol. The number of hydrogen-bond acceptors (Lipinski definition) is 3. The van der Waals surface area contributed by atoms with Crippen molar-refractivity contribution in [2.24, 2.45) is 0 Å². The quantitative estimate of drug-likeness (QED) is 0.394. The van der Waals surface area contributed by atoms with Crippen LogP contribution in [0.3, 0.4) is 0 Å². The van der Waals surface area contributed by atoms with Gasteiger partial charge in [-0.1, -0.05) is 40.0 Å². The van der Waals surface area contributed by atoms with Gasteiger partial charge in [-0.05, 0) is 19.3 Å². The first kappa shape index (κ1) is 35.8. The van der Waals surface area contributed by atoms with Crippen molar-refractivity contribution in [2.45, 2.75) is 77.2 Å². The molecule has 0 saturated carbocycles. The van der Waals surface area contributed by atoms with Crippen LogP contribution in [0.4, 0.5) is 0 Å². The van der Waals surface area contributed by atoms with E-state index >= 15 is 0 Å². The zero-order valence-corrected chi connectivity index (χ0v) is 21.6. The van der Waals surface area contributed by atoms with Crippen LogP contribution < -0.4 is 0 Å². The molecule has 1 aliphatic rings. The molecule has 0 bridgehead atoms. The molecule has 0 aromatic heterocycles. The number of rotatable bonds is 6. The minimum absolute atomic E-state index is 0. The van der Waals surface area contributed by atoms with Crippen molar-refractivity contribution in [3.05, 3.63) is 24.3 Å². The Morgan fingerprint density at radius 3 is 1.21 bits per heavy atom. The maximum atomic E-state index is 8.07. The minimum Gasteiger partial charge on any atom is 0 e. The number of aliphatic hydroxyl groups excluding tert-OH is 3. The first-order chi connectivity index (χ1) is 11.2. The fraction of sp³-hybridized carbons (Fsp3) is 0.789. The van der Waals surface area contributed by atoms with E-state index in [0.717, 1.165) is 44.9 Å². The van der Waals surface area contributed by atoms with E-state index in [1.54, 1.807) is 0 Å². The molecule has 24 heavy (non-hydrogen) atoms. The number of aliphatic hydroxyl groups is 3. The van der Waals surface area contributed by atoms with E-state index in [2.05, 4.69) is 44.4 Å². The van der Waals surface area contributed by atoms with Crippen LogP contribution in [-0.2, 0) is 26.2 Å². The third-order valence-corrected chi connectivity index (χ3v) is 2.12. The van der Waals surface area contributed by atoms with E-state index in [4.69, 9.17) is 15.3 Å². The Bertz CT molecular complexity index is 171. The van der Waals surface area contributed by atoms with Crippen LogP contribution in [0, 0.1) is 6.08 Å². The summed E-state index contributed by atoms with van der Waals surface area (Å²) in [7, 11) is 0. The smallest absolute Gasteiger partial charge is 0 e. The van der Waals surface area contributed by atoms with Crippen molar-refractivity contribution < 1.29 is 41.5 Å². The molecule has 0 unspecified atom stereocenters. The molecule has 1 radical (unpaired) electrons. The van der Waals surface area contributed by atoms with Crippen molar-refractivity contribution in [2.75, 3.05) is 19.8 Å². The van der Waals surface area contributed by atoms with Gasteiger partial charge in [0.2, 0.25) is 0 Å². The van der Waals surface area contributed by atoms with Crippen LogP contribution in [-0.4, -0.2) is 50.6 Å². The molecule has 0 aromatic carbocycles. The van der Waals surface area contributed by atoms with E-state index in [1.807, 2.05) is 12.2 Å². The van der Waals surface area contributed by atoms with Crippen LogP contribution in [0.5, 0.6) is 0 Å². The molecule has 0 spiro atoms. The summed E-state index contributed by atoms with van der Waals surface area (Å²) < 4.78 is 0.